The molecule has 0 fully saturated rings. The summed E-state index contributed by atoms with van der Waals surface area (Å²) in [6, 6.07) is 7.23. The first-order valence-corrected chi connectivity index (χ1v) is 7.88. The largest absolute Gasteiger partial charge is 0.489 e. The van der Waals surface area contributed by atoms with Crippen molar-refractivity contribution in [2.24, 2.45) is 5.92 Å². The topological polar surface area (TPSA) is 44.1 Å². The Morgan fingerprint density at radius 1 is 1.35 bits per heavy atom. The van der Waals surface area contributed by atoms with Gasteiger partial charge in [-0.3, -0.25) is 4.79 Å². The van der Waals surface area contributed by atoms with Crippen LogP contribution in [0.2, 0.25) is 0 Å². The van der Waals surface area contributed by atoms with E-state index in [4.69, 9.17) is 4.74 Å². The lowest BCUT2D eigenvalue weighted by Gasteiger charge is -2.10. The van der Waals surface area contributed by atoms with Gasteiger partial charge in [0.05, 0.1) is 11.3 Å². The smallest absolute Gasteiger partial charge is 0.282 e. The third-order valence-electron chi connectivity index (χ3n) is 3.72. The highest BCUT2D eigenvalue weighted by atomic mass is 16.5. The molecule has 0 N–H and O–H groups in total. The van der Waals surface area contributed by atoms with E-state index in [9.17, 15) is 4.79 Å². The van der Waals surface area contributed by atoms with Gasteiger partial charge >= 0.3 is 0 Å². The second kappa shape index (κ2) is 7.27. The number of ether oxygens (including phenoxy) is 1. The van der Waals surface area contributed by atoms with Crippen LogP contribution in [0.4, 0.5) is 0 Å². The molecule has 0 aliphatic rings. The molecule has 0 aliphatic carbocycles. The second-order valence-electron chi connectivity index (χ2n) is 6.06. The molecule has 4 heteroatoms. The van der Waals surface area contributed by atoms with Gasteiger partial charge < -0.3 is 4.74 Å². The van der Waals surface area contributed by atoms with Gasteiger partial charge in [-0.2, -0.15) is 5.10 Å². The van der Waals surface area contributed by atoms with E-state index >= 15 is 0 Å². The molecule has 0 amide bonds. The SMILES string of the molecule is C=CCOc1ccccc1C(=O)n1nc(C)c(CC(C)C)c1C. The molecule has 1 aromatic carbocycles. The third kappa shape index (κ3) is 3.70. The van der Waals surface area contributed by atoms with Crippen molar-refractivity contribution in [2.45, 2.75) is 34.1 Å². The molecule has 4 nitrogen and oxygen atoms in total. The average Bonchev–Trinajstić information content (AvgIpc) is 2.80. The van der Waals surface area contributed by atoms with Crippen LogP contribution in [0.1, 0.15) is 41.2 Å². The molecule has 2 aromatic rings. The molecule has 23 heavy (non-hydrogen) atoms. The Morgan fingerprint density at radius 2 is 2.04 bits per heavy atom. The maximum atomic E-state index is 12.9. The number of aromatic nitrogens is 2. The highest BCUT2D eigenvalue weighted by molar-refractivity contribution is 5.98. The van der Waals surface area contributed by atoms with Gasteiger partial charge in [-0.15, -0.1) is 0 Å². The van der Waals surface area contributed by atoms with Crippen molar-refractivity contribution in [3.8, 4) is 5.75 Å². The summed E-state index contributed by atoms with van der Waals surface area (Å²) in [5.74, 6) is 0.902. The van der Waals surface area contributed by atoms with Gasteiger partial charge in [-0.25, -0.2) is 4.68 Å². The van der Waals surface area contributed by atoms with Gasteiger partial charge in [0.25, 0.3) is 5.91 Å². The summed E-state index contributed by atoms with van der Waals surface area (Å²) >= 11 is 0. The number of nitrogens with zero attached hydrogens (tertiary/aromatic N) is 2. The zero-order chi connectivity index (χ0) is 17.0. The molecule has 1 heterocycles. The summed E-state index contributed by atoms with van der Waals surface area (Å²) in [6.45, 7) is 12.2. The zero-order valence-electron chi connectivity index (χ0n) is 14.3. The number of rotatable bonds is 6. The monoisotopic (exact) mass is 312 g/mol. The van der Waals surface area contributed by atoms with Crippen LogP contribution >= 0.6 is 0 Å². The van der Waals surface area contributed by atoms with Crippen LogP contribution in [-0.2, 0) is 6.42 Å². The van der Waals surface area contributed by atoms with Gasteiger partial charge in [0.1, 0.15) is 12.4 Å². The highest BCUT2D eigenvalue weighted by Crippen LogP contribution is 2.23. The number of benzene rings is 1. The van der Waals surface area contributed by atoms with Crippen molar-refractivity contribution in [1.29, 1.82) is 0 Å². The van der Waals surface area contributed by atoms with Gasteiger partial charge in [-0.05, 0) is 43.9 Å². The number of aryl methyl sites for hydroxylation is 1. The van der Waals surface area contributed by atoms with Crippen molar-refractivity contribution >= 4 is 5.91 Å². The fraction of sp³-hybridized carbons (Fsp3) is 0.368. The summed E-state index contributed by atoms with van der Waals surface area (Å²) < 4.78 is 7.08. The molecule has 0 radical (unpaired) electrons. The number of para-hydroxylation sites is 1. The van der Waals surface area contributed by atoms with E-state index in [0.29, 0.717) is 23.8 Å². The summed E-state index contributed by atoms with van der Waals surface area (Å²) in [7, 11) is 0. The first kappa shape index (κ1) is 17.0. The lowest BCUT2D eigenvalue weighted by Crippen LogP contribution is -2.17. The molecule has 0 aliphatic heterocycles. The highest BCUT2D eigenvalue weighted by Gasteiger charge is 2.20. The molecule has 0 bridgehead atoms. The predicted molar refractivity (Wildman–Crippen MR) is 92.1 cm³/mol. The molecular weight excluding hydrogens is 288 g/mol. The van der Waals surface area contributed by atoms with E-state index < -0.39 is 0 Å². The zero-order valence-corrected chi connectivity index (χ0v) is 14.3. The van der Waals surface area contributed by atoms with Crippen LogP contribution < -0.4 is 4.74 Å². The van der Waals surface area contributed by atoms with E-state index in [1.807, 2.05) is 26.0 Å². The van der Waals surface area contributed by atoms with Crippen LogP contribution in [0.5, 0.6) is 5.75 Å². The van der Waals surface area contributed by atoms with E-state index in [1.165, 1.54) is 4.68 Å². The fourth-order valence-electron chi connectivity index (χ4n) is 2.61. The second-order valence-corrected chi connectivity index (χ2v) is 6.06. The van der Waals surface area contributed by atoms with Crippen molar-refractivity contribution in [2.75, 3.05) is 6.61 Å². The maximum Gasteiger partial charge on any atom is 0.282 e. The molecule has 0 spiro atoms. The number of hydrogen-bond acceptors (Lipinski definition) is 3. The first-order chi connectivity index (χ1) is 11.0. The molecular formula is C19H24N2O2. The number of hydrogen-bond donors (Lipinski definition) is 0. The van der Waals surface area contributed by atoms with Gasteiger partial charge in [0.2, 0.25) is 0 Å². The van der Waals surface area contributed by atoms with Crippen molar-refractivity contribution < 1.29 is 9.53 Å². The minimum Gasteiger partial charge on any atom is -0.489 e. The Hall–Kier alpha value is -2.36. The Kier molecular flexibility index (Phi) is 5.37. The number of carbonyl (C=O) groups excluding carboxylic acids is 1. The molecule has 1 aromatic heterocycles. The molecule has 2 rings (SSSR count). The predicted octanol–water partition coefficient (Wildman–Crippen LogP) is 3.95. The normalized spacial score (nSPS) is 10.8. The first-order valence-electron chi connectivity index (χ1n) is 7.88. The molecule has 122 valence electrons. The summed E-state index contributed by atoms with van der Waals surface area (Å²) in [6.07, 6.45) is 2.57. The average molecular weight is 312 g/mol. The molecule has 0 atom stereocenters. The van der Waals surface area contributed by atoms with Crippen LogP contribution in [-0.4, -0.2) is 22.3 Å². The Morgan fingerprint density at radius 3 is 2.70 bits per heavy atom. The van der Waals surface area contributed by atoms with Gasteiger partial charge in [0.15, 0.2) is 0 Å². The summed E-state index contributed by atoms with van der Waals surface area (Å²) in [5, 5.41) is 4.45. The van der Waals surface area contributed by atoms with Gasteiger partial charge in [-0.1, -0.05) is 38.6 Å². The molecule has 0 saturated carbocycles. The van der Waals surface area contributed by atoms with Crippen LogP contribution in [0.15, 0.2) is 36.9 Å². The summed E-state index contributed by atoms with van der Waals surface area (Å²) in [5.41, 5.74) is 3.47. The van der Waals surface area contributed by atoms with Crippen LogP contribution in [0.25, 0.3) is 0 Å². The molecule has 0 unspecified atom stereocenters. The van der Waals surface area contributed by atoms with Crippen LogP contribution in [0, 0.1) is 19.8 Å². The van der Waals surface area contributed by atoms with Gasteiger partial charge in [0, 0.05) is 5.69 Å². The fourth-order valence-corrected chi connectivity index (χ4v) is 2.61. The van der Waals surface area contributed by atoms with Crippen LogP contribution in [0.3, 0.4) is 0 Å². The number of carbonyl (C=O) groups is 1. The minimum absolute atomic E-state index is 0.166. The van der Waals surface area contributed by atoms with Crippen molar-refractivity contribution in [1.82, 2.24) is 9.78 Å². The lowest BCUT2D eigenvalue weighted by molar-refractivity contribution is 0.0938. The standard InChI is InChI=1S/C19H24N2O2/c1-6-11-23-18-10-8-7-9-16(18)19(22)21-15(5)17(12-13(2)3)14(4)20-21/h6-10,13H,1,11-12H2,2-5H3. The maximum absolute atomic E-state index is 12.9. The lowest BCUT2D eigenvalue weighted by atomic mass is 10.0. The third-order valence-corrected chi connectivity index (χ3v) is 3.72. The Labute approximate surface area is 137 Å². The van der Waals surface area contributed by atoms with Crippen molar-refractivity contribution in [3.05, 3.63) is 59.4 Å². The van der Waals surface area contributed by atoms with E-state index in [-0.39, 0.29) is 5.91 Å². The molecule has 0 saturated heterocycles. The van der Waals surface area contributed by atoms with E-state index in [2.05, 4.69) is 25.5 Å². The quantitative estimate of drug-likeness (QED) is 0.759. The van der Waals surface area contributed by atoms with Crippen molar-refractivity contribution in [3.63, 3.8) is 0 Å². The minimum atomic E-state index is -0.166. The van der Waals surface area contributed by atoms with E-state index in [0.717, 1.165) is 23.4 Å². The summed E-state index contributed by atoms with van der Waals surface area (Å²) in [4.78, 5) is 12.9. The Balaban J connectivity index is 2.40. The Bertz CT molecular complexity index is 714. The van der Waals surface area contributed by atoms with E-state index in [1.54, 1.807) is 18.2 Å².